The molecule has 0 radical (unpaired) electrons. The van der Waals surface area contributed by atoms with Gasteiger partial charge in [-0.25, -0.2) is 4.98 Å². The predicted octanol–water partition coefficient (Wildman–Crippen LogP) is 6.73. The van der Waals surface area contributed by atoms with Gasteiger partial charge in [0.05, 0.1) is 22.7 Å². The number of fused-ring (bicyclic) bond motifs is 16. The van der Waals surface area contributed by atoms with Gasteiger partial charge in [0.25, 0.3) is 0 Å². The van der Waals surface area contributed by atoms with Crippen LogP contribution in [-0.2, 0) is 12.8 Å². The number of aromatic nitrogens is 4. The van der Waals surface area contributed by atoms with Crippen molar-refractivity contribution in [2.45, 2.75) is 12.8 Å². The van der Waals surface area contributed by atoms with Crippen LogP contribution in [0.2, 0.25) is 0 Å². The van der Waals surface area contributed by atoms with Crippen LogP contribution < -0.4 is 0 Å². The minimum Gasteiger partial charge on any atom is -0.290 e. The van der Waals surface area contributed by atoms with Crippen molar-refractivity contribution in [3.8, 4) is 22.3 Å². The molecule has 4 nitrogen and oxygen atoms in total. The first kappa shape index (κ1) is 17.8. The van der Waals surface area contributed by atoms with E-state index in [4.69, 9.17) is 9.97 Å². The second-order valence-electron chi connectivity index (χ2n) is 9.66. The standard InChI is InChI=1S/C31H18N4/c1-2-5-19-17(4-1)14-23-20(19)8-7-18-15-24-21(28(18)23)9-10-22-29(24)30-27(6-3-12-33-30)35-26-11-13-32-16-25(26)34-31(22)35/h1-13,16H,14-15H2. The van der Waals surface area contributed by atoms with Gasteiger partial charge in [0.1, 0.15) is 11.2 Å². The maximum atomic E-state index is 5.03. The first-order valence-electron chi connectivity index (χ1n) is 12.0. The van der Waals surface area contributed by atoms with E-state index in [1.54, 1.807) is 0 Å². The molecule has 3 aromatic carbocycles. The summed E-state index contributed by atoms with van der Waals surface area (Å²) in [6.07, 6.45) is 7.52. The molecular formula is C31H18N4. The first-order chi connectivity index (χ1) is 17.4. The van der Waals surface area contributed by atoms with Crippen molar-refractivity contribution < 1.29 is 0 Å². The van der Waals surface area contributed by atoms with E-state index < -0.39 is 0 Å². The second kappa shape index (κ2) is 6.10. The van der Waals surface area contributed by atoms with Crippen LogP contribution in [0.15, 0.2) is 85.3 Å². The van der Waals surface area contributed by atoms with Crippen molar-refractivity contribution in [1.82, 2.24) is 19.4 Å². The summed E-state index contributed by atoms with van der Waals surface area (Å²) in [5.74, 6) is 0. The topological polar surface area (TPSA) is 43.1 Å². The van der Waals surface area contributed by atoms with Gasteiger partial charge >= 0.3 is 0 Å². The van der Waals surface area contributed by atoms with Gasteiger partial charge < -0.3 is 0 Å². The van der Waals surface area contributed by atoms with Crippen LogP contribution in [0.5, 0.6) is 0 Å². The van der Waals surface area contributed by atoms with Crippen molar-refractivity contribution in [3.05, 3.63) is 108 Å². The number of imidazole rings is 1. The molecule has 0 spiro atoms. The molecule has 0 saturated heterocycles. The fourth-order valence-corrected chi connectivity index (χ4v) is 6.58. The monoisotopic (exact) mass is 446 g/mol. The van der Waals surface area contributed by atoms with Crippen LogP contribution in [0.4, 0.5) is 0 Å². The minimum absolute atomic E-state index is 0.907. The molecule has 0 unspecified atom stereocenters. The fraction of sp³-hybridized carbons (Fsp3) is 0.0645. The Balaban J connectivity index is 1.42. The fourth-order valence-electron chi connectivity index (χ4n) is 6.58. The van der Waals surface area contributed by atoms with Gasteiger partial charge in [-0.05, 0) is 81.6 Å². The van der Waals surface area contributed by atoms with E-state index in [0.717, 1.165) is 45.9 Å². The Morgan fingerprint density at radius 1 is 0.686 bits per heavy atom. The maximum Gasteiger partial charge on any atom is 0.146 e. The lowest BCUT2D eigenvalue weighted by molar-refractivity contribution is 1.24. The third-order valence-corrected chi connectivity index (χ3v) is 7.99. The number of hydrogen-bond acceptors (Lipinski definition) is 3. The molecule has 7 aromatic rings. The summed E-state index contributed by atoms with van der Waals surface area (Å²) in [5.41, 5.74) is 16.3. The molecule has 0 atom stereocenters. The number of benzene rings is 3. The van der Waals surface area contributed by atoms with Crippen LogP contribution >= 0.6 is 0 Å². The molecule has 0 fully saturated rings. The Morgan fingerprint density at radius 3 is 2.60 bits per heavy atom. The molecule has 9 rings (SSSR count). The van der Waals surface area contributed by atoms with E-state index in [9.17, 15) is 0 Å². The van der Waals surface area contributed by atoms with Gasteiger partial charge in [-0.3, -0.25) is 14.4 Å². The molecule has 162 valence electrons. The number of nitrogens with zero attached hydrogens (tertiary/aromatic N) is 4. The summed E-state index contributed by atoms with van der Waals surface area (Å²) in [6, 6.07) is 24.3. The van der Waals surface area contributed by atoms with Crippen molar-refractivity contribution in [2.75, 3.05) is 0 Å². The molecule has 35 heavy (non-hydrogen) atoms. The van der Waals surface area contributed by atoms with Gasteiger partial charge in [0.15, 0.2) is 0 Å². The summed E-state index contributed by atoms with van der Waals surface area (Å²) in [4.78, 5) is 14.3. The molecule has 4 aromatic heterocycles. The van der Waals surface area contributed by atoms with Crippen LogP contribution in [0.3, 0.4) is 0 Å². The first-order valence-corrected chi connectivity index (χ1v) is 12.0. The zero-order valence-corrected chi connectivity index (χ0v) is 18.8. The summed E-state index contributed by atoms with van der Waals surface area (Å²) < 4.78 is 2.24. The number of rotatable bonds is 0. The molecule has 0 amide bonds. The smallest absolute Gasteiger partial charge is 0.146 e. The molecule has 2 aliphatic carbocycles. The quantitative estimate of drug-likeness (QED) is 0.243. The van der Waals surface area contributed by atoms with Crippen molar-refractivity contribution in [2.24, 2.45) is 0 Å². The van der Waals surface area contributed by atoms with Gasteiger partial charge in [-0.15, -0.1) is 0 Å². The number of hydrogen-bond donors (Lipinski definition) is 0. The lowest BCUT2D eigenvalue weighted by Crippen LogP contribution is -1.96. The van der Waals surface area contributed by atoms with E-state index >= 15 is 0 Å². The predicted molar refractivity (Wildman–Crippen MR) is 140 cm³/mol. The molecule has 2 aliphatic rings. The molecule has 0 bridgehead atoms. The molecule has 4 heteroatoms. The van der Waals surface area contributed by atoms with E-state index in [2.05, 4.69) is 64.0 Å². The molecule has 0 saturated carbocycles. The third-order valence-electron chi connectivity index (χ3n) is 7.99. The third kappa shape index (κ3) is 2.11. The van der Waals surface area contributed by atoms with Crippen LogP contribution in [0, 0.1) is 0 Å². The van der Waals surface area contributed by atoms with Crippen molar-refractivity contribution >= 4 is 38.5 Å². The molecule has 0 N–H and O–H groups in total. The van der Waals surface area contributed by atoms with Crippen LogP contribution in [0.25, 0.3) is 60.7 Å². The van der Waals surface area contributed by atoms with Crippen LogP contribution in [0.1, 0.15) is 22.3 Å². The summed E-state index contributed by atoms with van der Waals surface area (Å²) in [5, 5.41) is 2.38. The van der Waals surface area contributed by atoms with E-state index in [0.29, 0.717) is 0 Å². The lowest BCUT2D eigenvalue weighted by atomic mass is 9.94. The Kier molecular flexibility index (Phi) is 3.11. The van der Waals surface area contributed by atoms with Gasteiger partial charge in [0.2, 0.25) is 0 Å². The molecule has 0 aliphatic heterocycles. The Bertz CT molecular complexity index is 2070. The normalized spacial score (nSPS) is 13.5. The Labute approximate surface area is 200 Å². The molecular weight excluding hydrogens is 428 g/mol. The Hall–Kier alpha value is -4.57. The highest BCUT2D eigenvalue weighted by Gasteiger charge is 2.30. The highest BCUT2D eigenvalue weighted by Crippen LogP contribution is 2.50. The SMILES string of the molecule is c1ccc2c(c1)Cc1c-2ccc2c1-c1ccc3c(c1C2)c1ncccc1n1c2ccncc2nc31. The lowest BCUT2D eigenvalue weighted by Gasteiger charge is -2.13. The highest BCUT2D eigenvalue weighted by atomic mass is 15.0. The summed E-state index contributed by atoms with van der Waals surface area (Å²) in [6.45, 7) is 0. The molecule has 4 heterocycles. The van der Waals surface area contributed by atoms with Gasteiger partial charge in [0, 0.05) is 23.2 Å². The average molecular weight is 447 g/mol. The zero-order chi connectivity index (χ0) is 22.7. The van der Waals surface area contributed by atoms with Gasteiger partial charge in [-0.2, -0.15) is 0 Å². The summed E-state index contributed by atoms with van der Waals surface area (Å²) >= 11 is 0. The zero-order valence-electron chi connectivity index (χ0n) is 18.8. The Morgan fingerprint density at radius 2 is 1.60 bits per heavy atom. The van der Waals surface area contributed by atoms with Crippen molar-refractivity contribution in [3.63, 3.8) is 0 Å². The van der Waals surface area contributed by atoms with E-state index in [1.165, 1.54) is 49.9 Å². The maximum absolute atomic E-state index is 5.03. The van der Waals surface area contributed by atoms with E-state index in [-0.39, 0.29) is 0 Å². The van der Waals surface area contributed by atoms with Gasteiger partial charge in [-0.1, -0.05) is 42.5 Å². The van der Waals surface area contributed by atoms with Crippen LogP contribution in [-0.4, -0.2) is 19.4 Å². The average Bonchev–Trinajstić information content (AvgIpc) is 3.59. The van der Waals surface area contributed by atoms with Crippen molar-refractivity contribution in [1.29, 1.82) is 0 Å². The second-order valence-corrected chi connectivity index (χ2v) is 9.66. The minimum atomic E-state index is 0.907. The largest absolute Gasteiger partial charge is 0.290 e. The number of pyridine rings is 3. The highest BCUT2D eigenvalue weighted by molar-refractivity contribution is 6.16. The summed E-state index contributed by atoms with van der Waals surface area (Å²) in [7, 11) is 0. The van der Waals surface area contributed by atoms with E-state index in [1.807, 2.05) is 30.7 Å².